The van der Waals surface area contributed by atoms with Crippen LogP contribution >= 0.6 is 0 Å². The predicted molar refractivity (Wildman–Crippen MR) is 54.6 cm³/mol. The molecule has 0 fully saturated rings. The van der Waals surface area contributed by atoms with Gasteiger partial charge in [-0.3, -0.25) is 0 Å². The Morgan fingerprint density at radius 3 is 2.71 bits per heavy atom. The number of carbonyl (C=O) groups is 1. The first-order chi connectivity index (χ1) is 6.68. The number of rotatable bonds is 3. The second-order valence-electron chi connectivity index (χ2n) is 3.06. The van der Waals surface area contributed by atoms with Crippen LogP contribution in [-0.4, -0.2) is 12.2 Å². The van der Waals surface area contributed by atoms with E-state index < -0.39 is 6.09 Å². The quantitative estimate of drug-likeness (QED) is 0.796. The first kappa shape index (κ1) is 10.6. The summed E-state index contributed by atoms with van der Waals surface area (Å²) in [6, 6.07) is 9.65. The molecule has 1 rings (SSSR count). The van der Waals surface area contributed by atoms with Crippen LogP contribution in [0.3, 0.4) is 0 Å². The Morgan fingerprint density at radius 1 is 1.50 bits per heavy atom. The summed E-state index contributed by atoms with van der Waals surface area (Å²) in [5.41, 5.74) is 1.04. The molecule has 1 amide bonds. The van der Waals surface area contributed by atoms with Gasteiger partial charge in [0.25, 0.3) is 0 Å². The van der Waals surface area contributed by atoms with Crippen molar-refractivity contribution >= 4 is 6.09 Å². The fourth-order valence-corrected chi connectivity index (χ4v) is 0.994. The lowest BCUT2D eigenvalue weighted by Gasteiger charge is -2.08. The van der Waals surface area contributed by atoms with Gasteiger partial charge in [-0.15, -0.1) is 0 Å². The standard InChI is InChI=1S/C11H14NO2/c1-9(2)14-11(13)12-8-10-6-4-3-5-7-10/h3-7,9H,1,8H2,2H3,(H,12,13). The lowest BCUT2D eigenvalue weighted by Crippen LogP contribution is -2.26. The molecule has 1 atom stereocenters. The van der Waals surface area contributed by atoms with Gasteiger partial charge in [-0.1, -0.05) is 30.3 Å². The number of nitrogens with one attached hydrogen (secondary N) is 1. The Morgan fingerprint density at radius 2 is 2.14 bits per heavy atom. The fraction of sp³-hybridized carbons (Fsp3) is 0.273. The van der Waals surface area contributed by atoms with Crippen LogP contribution in [0.25, 0.3) is 0 Å². The maximum Gasteiger partial charge on any atom is 0.407 e. The summed E-state index contributed by atoms with van der Waals surface area (Å²) in [5.74, 6) is 0. The van der Waals surface area contributed by atoms with Crippen LogP contribution in [0.2, 0.25) is 0 Å². The van der Waals surface area contributed by atoms with Crippen molar-refractivity contribution in [1.29, 1.82) is 0 Å². The molecule has 75 valence electrons. The van der Waals surface area contributed by atoms with Crippen molar-refractivity contribution in [3.8, 4) is 0 Å². The maximum absolute atomic E-state index is 11.1. The zero-order chi connectivity index (χ0) is 10.4. The molecule has 14 heavy (non-hydrogen) atoms. The van der Waals surface area contributed by atoms with Gasteiger partial charge in [-0.2, -0.15) is 0 Å². The van der Waals surface area contributed by atoms with Crippen LogP contribution in [0.15, 0.2) is 30.3 Å². The highest BCUT2D eigenvalue weighted by atomic mass is 16.6. The molecule has 1 radical (unpaired) electrons. The summed E-state index contributed by atoms with van der Waals surface area (Å²) in [6.45, 7) is 5.74. The van der Waals surface area contributed by atoms with E-state index in [2.05, 4.69) is 12.2 Å². The van der Waals surface area contributed by atoms with Crippen molar-refractivity contribution in [3.05, 3.63) is 42.8 Å². The third-order valence-corrected chi connectivity index (χ3v) is 1.59. The van der Waals surface area contributed by atoms with Gasteiger partial charge < -0.3 is 10.1 Å². The summed E-state index contributed by atoms with van der Waals surface area (Å²) in [5, 5.41) is 2.63. The molecule has 1 aromatic rings. The Bertz CT molecular complexity index is 283. The largest absolute Gasteiger partial charge is 0.447 e. The van der Waals surface area contributed by atoms with Gasteiger partial charge in [-0.05, 0) is 19.4 Å². The van der Waals surface area contributed by atoms with Crippen LogP contribution in [-0.2, 0) is 11.3 Å². The van der Waals surface area contributed by atoms with Crippen molar-refractivity contribution in [3.63, 3.8) is 0 Å². The summed E-state index contributed by atoms with van der Waals surface area (Å²) in [7, 11) is 0. The monoisotopic (exact) mass is 192 g/mol. The molecule has 0 heterocycles. The maximum atomic E-state index is 11.1. The molecule has 0 spiro atoms. The van der Waals surface area contributed by atoms with Crippen molar-refractivity contribution < 1.29 is 9.53 Å². The topological polar surface area (TPSA) is 38.3 Å². The third kappa shape index (κ3) is 3.94. The highest BCUT2D eigenvalue weighted by molar-refractivity contribution is 5.67. The molecule has 0 aliphatic carbocycles. The van der Waals surface area contributed by atoms with Gasteiger partial charge in [0.15, 0.2) is 0 Å². The van der Waals surface area contributed by atoms with Crippen molar-refractivity contribution in [1.82, 2.24) is 5.32 Å². The smallest absolute Gasteiger partial charge is 0.407 e. The number of alkyl carbamates (subject to hydrolysis) is 1. The number of amides is 1. The van der Waals surface area contributed by atoms with Gasteiger partial charge in [0.05, 0.1) is 0 Å². The molecule has 1 aromatic carbocycles. The highest BCUT2D eigenvalue weighted by Gasteiger charge is 2.03. The first-order valence-electron chi connectivity index (χ1n) is 4.50. The van der Waals surface area contributed by atoms with Crippen LogP contribution in [0.5, 0.6) is 0 Å². The molecule has 1 N–H and O–H groups in total. The molecule has 0 bridgehead atoms. The zero-order valence-corrected chi connectivity index (χ0v) is 8.19. The Labute approximate surface area is 84.1 Å². The van der Waals surface area contributed by atoms with Gasteiger partial charge in [-0.25, -0.2) is 4.79 Å². The van der Waals surface area contributed by atoms with E-state index in [1.54, 1.807) is 6.92 Å². The zero-order valence-electron chi connectivity index (χ0n) is 8.19. The normalized spacial score (nSPS) is 9.93. The van der Waals surface area contributed by atoms with E-state index in [1.807, 2.05) is 30.3 Å². The fourth-order valence-electron chi connectivity index (χ4n) is 0.994. The summed E-state index contributed by atoms with van der Waals surface area (Å²) in [4.78, 5) is 11.1. The highest BCUT2D eigenvalue weighted by Crippen LogP contribution is 1.97. The van der Waals surface area contributed by atoms with E-state index in [9.17, 15) is 4.79 Å². The Hall–Kier alpha value is -1.51. The van der Waals surface area contributed by atoms with Crippen molar-refractivity contribution in [2.24, 2.45) is 0 Å². The summed E-state index contributed by atoms with van der Waals surface area (Å²) in [6.07, 6.45) is -0.762. The van der Waals surface area contributed by atoms with E-state index in [1.165, 1.54) is 0 Å². The van der Waals surface area contributed by atoms with Gasteiger partial charge >= 0.3 is 6.09 Å². The molecule has 0 aromatic heterocycles. The molecule has 0 saturated heterocycles. The third-order valence-electron chi connectivity index (χ3n) is 1.59. The van der Waals surface area contributed by atoms with E-state index in [0.29, 0.717) is 6.54 Å². The number of carbonyl (C=O) groups excluding carboxylic acids is 1. The Kier molecular flexibility index (Phi) is 3.98. The van der Waals surface area contributed by atoms with Crippen LogP contribution < -0.4 is 5.32 Å². The van der Waals surface area contributed by atoms with Crippen LogP contribution in [0.1, 0.15) is 12.5 Å². The molecular weight excluding hydrogens is 178 g/mol. The second kappa shape index (κ2) is 5.27. The average molecular weight is 192 g/mol. The molecule has 3 heteroatoms. The van der Waals surface area contributed by atoms with Crippen molar-refractivity contribution in [2.75, 3.05) is 0 Å². The molecule has 0 aliphatic heterocycles. The molecule has 1 unspecified atom stereocenters. The number of hydrogen-bond acceptors (Lipinski definition) is 2. The lowest BCUT2D eigenvalue weighted by molar-refractivity contribution is 0.125. The first-order valence-corrected chi connectivity index (χ1v) is 4.50. The number of benzene rings is 1. The van der Waals surface area contributed by atoms with Gasteiger partial charge in [0, 0.05) is 6.54 Å². The molecule has 0 saturated carbocycles. The van der Waals surface area contributed by atoms with Crippen molar-refractivity contribution in [2.45, 2.75) is 19.6 Å². The summed E-state index contributed by atoms with van der Waals surface area (Å²) < 4.78 is 4.81. The number of ether oxygens (including phenoxy) is 1. The minimum absolute atomic E-state index is 0.328. The number of hydrogen-bond donors (Lipinski definition) is 1. The predicted octanol–water partition coefficient (Wildman–Crippen LogP) is 2.14. The van der Waals surface area contributed by atoms with Crippen LogP contribution in [0.4, 0.5) is 4.79 Å². The molecule has 0 aliphatic rings. The van der Waals surface area contributed by atoms with Crippen LogP contribution in [0, 0.1) is 6.92 Å². The summed E-state index contributed by atoms with van der Waals surface area (Å²) >= 11 is 0. The lowest BCUT2D eigenvalue weighted by atomic mass is 10.2. The average Bonchev–Trinajstić information content (AvgIpc) is 2.15. The Balaban J connectivity index is 2.31. The van der Waals surface area contributed by atoms with E-state index >= 15 is 0 Å². The van der Waals surface area contributed by atoms with E-state index in [-0.39, 0.29) is 6.10 Å². The van der Waals surface area contributed by atoms with E-state index in [0.717, 1.165) is 5.56 Å². The minimum Gasteiger partial charge on any atom is -0.447 e. The van der Waals surface area contributed by atoms with Gasteiger partial charge in [0.2, 0.25) is 0 Å². The molecular formula is C11H14NO2. The van der Waals surface area contributed by atoms with E-state index in [4.69, 9.17) is 4.74 Å². The minimum atomic E-state index is -0.434. The molecule has 3 nitrogen and oxygen atoms in total. The second-order valence-corrected chi connectivity index (χ2v) is 3.06. The SMILES string of the molecule is [CH2]C(C)OC(=O)NCc1ccccc1. The van der Waals surface area contributed by atoms with Gasteiger partial charge in [0.1, 0.15) is 6.10 Å².